The molecule has 0 aromatic carbocycles. The Morgan fingerprint density at radius 2 is 2.14 bits per heavy atom. The highest BCUT2D eigenvalue weighted by molar-refractivity contribution is 5.97. The molecule has 0 radical (unpaired) electrons. The summed E-state index contributed by atoms with van der Waals surface area (Å²) in [5.74, 6) is -2.13. The van der Waals surface area contributed by atoms with Gasteiger partial charge in [-0.2, -0.15) is 0 Å². The summed E-state index contributed by atoms with van der Waals surface area (Å²) >= 11 is 0. The molecule has 9 nitrogen and oxygen atoms in total. The quantitative estimate of drug-likeness (QED) is 0.489. The molecule has 1 aliphatic heterocycles. The third-order valence-electron chi connectivity index (χ3n) is 3.19. The van der Waals surface area contributed by atoms with Gasteiger partial charge in [-0.3, -0.25) is 24.6 Å². The number of nitrogens with one attached hydrogen (secondary N) is 3. The Morgan fingerprint density at radius 1 is 1.48 bits per heavy atom. The van der Waals surface area contributed by atoms with Crippen molar-refractivity contribution in [3.63, 3.8) is 0 Å². The Bertz CT molecular complexity index is 439. The average molecular weight is 300 g/mol. The fourth-order valence-corrected chi connectivity index (χ4v) is 2.14. The number of carboxylic acid groups (broad SMARTS) is 1. The Balaban J connectivity index is 2.74. The topological polar surface area (TPSA) is 128 Å². The lowest BCUT2D eigenvalue weighted by atomic mass is 10.1. The zero-order valence-electron chi connectivity index (χ0n) is 12.0. The van der Waals surface area contributed by atoms with E-state index < -0.39 is 42.3 Å². The van der Waals surface area contributed by atoms with Crippen LogP contribution in [0.4, 0.5) is 4.79 Å². The van der Waals surface area contributed by atoms with Crippen molar-refractivity contribution in [2.24, 2.45) is 0 Å². The summed E-state index contributed by atoms with van der Waals surface area (Å²) in [6.07, 6.45) is -0.398. The number of hydrogen-bond donors (Lipinski definition) is 4. The van der Waals surface area contributed by atoms with Crippen LogP contribution in [0.25, 0.3) is 0 Å². The lowest BCUT2D eigenvalue weighted by Gasteiger charge is -2.37. The van der Waals surface area contributed by atoms with E-state index in [0.717, 1.165) is 0 Å². The molecule has 9 heteroatoms. The number of carbonyl (C=O) groups is 4. The molecule has 0 bridgehead atoms. The lowest BCUT2D eigenvalue weighted by Crippen LogP contribution is -2.61. The highest BCUT2D eigenvalue weighted by Crippen LogP contribution is 2.13. The third-order valence-corrected chi connectivity index (χ3v) is 3.19. The van der Waals surface area contributed by atoms with E-state index in [0.29, 0.717) is 19.6 Å². The molecule has 2 atom stereocenters. The van der Waals surface area contributed by atoms with Crippen LogP contribution in [-0.4, -0.2) is 65.5 Å². The molecule has 1 saturated heterocycles. The van der Waals surface area contributed by atoms with E-state index in [4.69, 9.17) is 5.11 Å². The van der Waals surface area contributed by atoms with Crippen LogP contribution >= 0.6 is 0 Å². The minimum atomic E-state index is -1.13. The Labute approximate surface area is 122 Å². The first-order valence-corrected chi connectivity index (χ1v) is 6.70. The fraction of sp³-hybridized carbons (Fsp3) is 0.667. The molecule has 21 heavy (non-hydrogen) atoms. The van der Waals surface area contributed by atoms with Gasteiger partial charge in [-0.05, 0) is 13.8 Å². The van der Waals surface area contributed by atoms with Crippen molar-refractivity contribution < 1.29 is 24.3 Å². The van der Waals surface area contributed by atoms with E-state index in [1.165, 1.54) is 11.8 Å². The van der Waals surface area contributed by atoms with Gasteiger partial charge < -0.3 is 15.7 Å². The summed E-state index contributed by atoms with van der Waals surface area (Å²) in [4.78, 5) is 47.4. The SMILES string of the molecule is CCNC(=O)NC(=O)C(C)N1CCNC(=O)C1CC(=O)O. The third kappa shape index (κ3) is 4.71. The normalized spacial score (nSPS) is 20.3. The van der Waals surface area contributed by atoms with Crippen LogP contribution in [0.1, 0.15) is 20.3 Å². The van der Waals surface area contributed by atoms with Gasteiger partial charge >= 0.3 is 12.0 Å². The van der Waals surface area contributed by atoms with E-state index in [1.807, 2.05) is 0 Å². The van der Waals surface area contributed by atoms with Crippen molar-refractivity contribution in [1.82, 2.24) is 20.9 Å². The van der Waals surface area contributed by atoms with E-state index in [9.17, 15) is 19.2 Å². The number of piperazine rings is 1. The second kappa shape index (κ2) is 7.58. The first kappa shape index (κ1) is 16.9. The summed E-state index contributed by atoms with van der Waals surface area (Å²) in [7, 11) is 0. The maximum absolute atomic E-state index is 12.0. The highest BCUT2D eigenvalue weighted by atomic mass is 16.4. The van der Waals surface area contributed by atoms with Gasteiger partial charge in [0, 0.05) is 19.6 Å². The summed E-state index contributed by atoms with van der Waals surface area (Å²) in [5.41, 5.74) is 0. The van der Waals surface area contributed by atoms with E-state index >= 15 is 0 Å². The van der Waals surface area contributed by atoms with Crippen LogP contribution < -0.4 is 16.0 Å². The molecule has 0 aromatic heterocycles. The summed E-state index contributed by atoms with van der Waals surface area (Å²) in [6, 6.07) is -2.33. The van der Waals surface area contributed by atoms with Crippen molar-refractivity contribution in [2.45, 2.75) is 32.4 Å². The smallest absolute Gasteiger partial charge is 0.321 e. The molecule has 1 aliphatic rings. The van der Waals surface area contributed by atoms with Crippen LogP contribution in [0, 0.1) is 0 Å². The van der Waals surface area contributed by atoms with Gasteiger partial charge in [0.05, 0.1) is 12.5 Å². The molecular weight excluding hydrogens is 280 g/mol. The predicted molar refractivity (Wildman–Crippen MR) is 72.4 cm³/mol. The van der Waals surface area contributed by atoms with Crippen LogP contribution in [0.15, 0.2) is 0 Å². The first-order chi connectivity index (χ1) is 9.86. The molecule has 1 heterocycles. The van der Waals surface area contributed by atoms with Crippen LogP contribution in [0.5, 0.6) is 0 Å². The van der Waals surface area contributed by atoms with E-state index in [2.05, 4.69) is 16.0 Å². The highest BCUT2D eigenvalue weighted by Gasteiger charge is 2.37. The molecule has 1 rings (SSSR count). The average Bonchev–Trinajstić information content (AvgIpc) is 2.40. The summed E-state index contributed by atoms with van der Waals surface area (Å²) in [5, 5.41) is 16.0. The van der Waals surface area contributed by atoms with Crippen molar-refractivity contribution in [2.75, 3.05) is 19.6 Å². The molecular formula is C12H20N4O5. The number of amides is 4. The second-order valence-corrected chi connectivity index (χ2v) is 4.67. The van der Waals surface area contributed by atoms with Gasteiger partial charge in [-0.1, -0.05) is 0 Å². The van der Waals surface area contributed by atoms with Gasteiger partial charge in [-0.25, -0.2) is 4.79 Å². The Kier molecular flexibility index (Phi) is 6.10. The fourth-order valence-electron chi connectivity index (χ4n) is 2.14. The largest absolute Gasteiger partial charge is 0.481 e. The molecule has 0 saturated carbocycles. The molecule has 4 amide bonds. The second-order valence-electron chi connectivity index (χ2n) is 4.67. The molecule has 0 spiro atoms. The number of rotatable bonds is 5. The van der Waals surface area contributed by atoms with Gasteiger partial charge in [-0.15, -0.1) is 0 Å². The van der Waals surface area contributed by atoms with Crippen molar-refractivity contribution in [1.29, 1.82) is 0 Å². The minimum absolute atomic E-state index is 0.327. The zero-order chi connectivity index (χ0) is 16.0. The van der Waals surface area contributed by atoms with E-state index in [-0.39, 0.29) is 0 Å². The van der Waals surface area contributed by atoms with Crippen molar-refractivity contribution in [3.8, 4) is 0 Å². The molecule has 0 aromatic rings. The maximum atomic E-state index is 12.0. The van der Waals surface area contributed by atoms with Gasteiger partial charge in [0.25, 0.3) is 0 Å². The summed E-state index contributed by atoms with van der Waals surface area (Å²) < 4.78 is 0. The van der Waals surface area contributed by atoms with Crippen LogP contribution in [-0.2, 0) is 14.4 Å². The van der Waals surface area contributed by atoms with Crippen LogP contribution in [0.3, 0.4) is 0 Å². The number of aliphatic carboxylic acids is 1. The monoisotopic (exact) mass is 300 g/mol. The molecule has 4 N–H and O–H groups in total. The Hall–Kier alpha value is -2.16. The molecule has 118 valence electrons. The van der Waals surface area contributed by atoms with Gasteiger partial charge in [0.15, 0.2) is 0 Å². The maximum Gasteiger partial charge on any atom is 0.321 e. The number of urea groups is 1. The van der Waals surface area contributed by atoms with E-state index in [1.54, 1.807) is 6.92 Å². The standard InChI is InChI=1S/C12H20N4O5/c1-3-13-12(21)15-10(19)7(2)16-5-4-14-11(20)8(16)6-9(17)18/h7-8H,3-6H2,1-2H3,(H,14,20)(H,17,18)(H2,13,15,19,21). The molecule has 2 unspecified atom stereocenters. The molecule has 0 aliphatic carbocycles. The van der Waals surface area contributed by atoms with Gasteiger partial charge in [0.2, 0.25) is 11.8 Å². The Morgan fingerprint density at radius 3 is 2.71 bits per heavy atom. The minimum Gasteiger partial charge on any atom is -0.481 e. The number of carbonyl (C=O) groups excluding carboxylic acids is 3. The lowest BCUT2D eigenvalue weighted by molar-refractivity contribution is -0.145. The number of carboxylic acids is 1. The zero-order valence-corrected chi connectivity index (χ0v) is 12.0. The number of nitrogens with zero attached hydrogens (tertiary/aromatic N) is 1. The van der Waals surface area contributed by atoms with Crippen molar-refractivity contribution >= 4 is 23.8 Å². The predicted octanol–water partition coefficient (Wildman–Crippen LogP) is -1.50. The van der Waals surface area contributed by atoms with Crippen molar-refractivity contribution in [3.05, 3.63) is 0 Å². The number of hydrogen-bond acceptors (Lipinski definition) is 5. The summed E-state index contributed by atoms with van der Waals surface area (Å²) in [6.45, 7) is 4.29. The number of imide groups is 1. The van der Waals surface area contributed by atoms with Crippen LogP contribution in [0.2, 0.25) is 0 Å². The first-order valence-electron chi connectivity index (χ1n) is 6.70. The molecule has 1 fully saturated rings. The van der Waals surface area contributed by atoms with Gasteiger partial charge in [0.1, 0.15) is 6.04 Å².